The van der Waals surface area contributed by atoms with E-state index in [1.165, 1.54) is 19.3 Å². The Kier molecular flexibility index (Phi) is 5.96. The number of aromatic nitrogens is 2. The van der Waals surface area contributed by atoms with Gasteiger partial charge in [0.2, 0.25) is 0 Å². The number of nitrogens with one attached hydrogen (secondary N) is 1. The van der Waals surface area contributed by atoms with Crippen molar-refractivity contribution >= 4 is 21.8 Å². The number of hydrogen-bond donors (Lipinski definition) is 1. The zero-order valence-corrected chi connectivity index (χ0v) is 16.3. The third kappa shape index (κ3) is 4.95. The molecule has 25 heavy (non-hydrogen) atoms. The van der Waals surface area contributed by atoms with Crippen LogP contribution in [0.1, 0.15) is 42.0 Å². The summed E-state index contributed by atoms with van der Waals surface area (Å²) in [7, 11) is 4.17. The van der Waals surface area contributed by atoms with E-state index in [4.69, 9.17) is 4.42 Å². The van der Waals surface area contributed by atoms with Crippen LogP contribution in [0.15, 0.2) is 33.4 Å². The predicted molar refractivity (Wildman–Crippen MR) is 99.5 cm³/mol. The average Bonchev–Trinajstić information content (AvgIpc) is 3.18. The number of nitrogens with zero attached hydrogens (tertiary/aromatic N) is 3. The number of rotatable bonds is 6. The van der Waals surface area contributed by atoms with Gasteiger partial charge in [-0.05, 0) is 60.9 Å². The molecular weight excluding hydrogens is 384 g/mol. The number of hydrogen-bond acceptors (Lipinski definition) is 4. The second kappa shape index (κ2) is 8.19. The van der Waals surface area contributed by atoms with Crippen LogP contribution in [0.5, 0.6) is 0 Å². The second-order valence-electron chi connectivity index (χ2n) is 7.01. The summed E-state index contributed by atoms with van der Waals surface area (Å²) < 4.78 is 8.40. The maximum absolute atomic E-state index is 12.6. The van der Waals surface area contributed by atoms with Crippen LogP contribution in [0.25, 0.3) is 0 Å². The molecule has 0 aromatic carbocycles. The van der Waals surface area contributed by atoms with Gasteiger partial charge in [-0.2, -0.15) is 5.10 Å². The standard InChI is InChI=1S/C18H25BrN4O2/c1-22(2)10-13-5-3-4-6-16(13)21-18(24)17-8-7-15(25-17)12-23-11-14(19)9-20-23/h7-9,11,13,16H,3-6,10,12H2,1-2H3,(H,21,24). The van der Waals surface area contributed by atoms with Crippen LogP contribution in [0, 0.1) is 5.92 Å². The summed E-state index contributed by atoms with van der Waals surface area (Å²) in [6.07, 6.45) is 8.22. The largest absolute Gasteiger partial charge is 0.454 e. The first-order valence-electron chi connectivity index (χ1n) is 8.73. The molecule has 0 saturated heterocycles. The van der Waals surface area contributed by atoms with E-state index >= 15 is 0 Å². The van der Waals surface area contributed by atoms with Gasteiger partial charge in [0.1, 0.15) is 5.76 Å². The van der Waals surface area contributed by atoms with E-state index in [1.54, 1.807) is 16.9 Å². The number of amides is 1. The van der Waals surface area contributed by atoms with Crippen LogP contribution < -0.4 is 5.32 Å². The Morgan fingerprint density at radius 3 is 2.92 bits per heavy atom. The Morgan fingerprint density at radius 2 is 2.20 bits per heavy atom. The Bertz CT molecular complexity index is 710. The second-order valence-corrected chi connectivity index (χ2v) is 7.92. The molecule has 0 spiro atoms. The molecule has 0 bridgehead atoms. The molecule has 0 aliphatic heterocycles. The van der Waals surface area contributed by atoms with Crippen molar-refractivity contribution in [3.05, 3.63) is 40.5 Å². The van der Waals surface area contributed by atoms with E-state index in [1.807, 2.05) is 12.3 Å². The first-order chi connectivity index (χ1) is 12.0. The lowest BCUT2D eigenvalue weighted by atomic mass is 9.84. The van der Waals surface area contributed by atoms with Crippen molar-refractivity contribution in [3.63, 3.8) is 0 Å². The monoisotopic (exact) mass is 408 g/mol. The molecule has 2 aromatic heterocycles. The van der Waals surface area contributed by atoms with Crippen LogP contribution >= 0.6 is 15.9 Å². The van der Waals surface area contributed by atoms with Crippen molar-refractivity contribution in [2.75, 3.05) is 20.6 Å². The van der Waals surface area contributed by atoms with Crippen molar-refractivity contribution in [3.8, 4) is 0 Å². The molecule has 2 aromatic rings. The highest BCUT2D eigenvalue weighted by Gasteiger charge is 2.27. The Hall–Kier alpha value is -1.60. The summed E-state index contributed by atoms with van der Waals surface area (Å²) in [5.74, 6) is 1.47. The summed E-state index contributed by atoms with van der Waals surface area (Å²) >= 11 is 3.37. The molecule has 3 rings (SSSR count). The van der Waals surface area contributed by atoms with E-state index in [2.05, 4.69) is 45.3 Å². The molecule has 2 unspecified atom stereocenters. The highest BCUT2D eigenvalue weighted by molar-refractivity contribution is 9.10. The Labute approximate surface area is 156 Å². The van der Waals surface area contributed by atoms with E-state index in [0.29, 0.717) is 24.0 Å². The highest BCUT2D eigenvalue weighted by atomic mass is 79.9. The molecule has 1 fully saturated rings. The maximum Gasteiger partial charge on any atom is 0.287 e. The lowest BCUT2D eigenvalue weighted by Crippen LogP contribution is -2.45. The smallest absolute Gasteiger partial charge is 0.287 e. The minimum atomic E-state index is -0.122. The van der Waals surface area contributed by atoms with Crippen LogP contribution in [0.3, 0.4) is 0 Å². The van der Waals surface area contributed by atoms with Gasteiger partial charge in [0.25, 0.3) is 5.91 Å². The SMILES string of the molecule is CN(C)CC1CCCCC1NC(=O)c1ccc(Cn2cc(Br)cn2)o1. The molecular formula is C18H25BrN4O2. The zero-order chi connectivity index (χ0) is 17.8. The Balaban J connectivity index is 1.60. The van der Waals surface area contributed by atoms with Gasteiger partial charge < -0.3 is 14.6 Å². The normalized spacial score (nSPS) is 20.8. The Morgan fingerprint density at radius 1 is 1.40 bits per heavy atom. The van der Waals surface area contributed by atoms with Gasteiger partial charge in [-0.25, -0.2) is 0 Å². The first kappa shape index (κ1) is 18.2. The number of furan rings is 1. The summed E-state index contributed by atoms with van der Waals surface area (Å²) in [5, 5.41) is 7.38. The molecule has 2 heterocycles. The van der Waals surface area contributed by atoms with Gasteiger partial charge >= 0.3 is 0 Å². The minimum Gasteiger partial charge on any atom is -0.454 e. The van der Waals surface area contributed by atoms with Crippen molar-refractivity contribution in [2.24, 2.45) is 5.92 Å². The fourth-order valence-corrected chi connectivity index (χ4v) is 3.82. The molecule has 7 heteroatoms. The fourth-order valence-electron chi connectivity index (χ4n) is 3.49. The van der Waals surface area contributed by atoms with Gasteiger partial charge in [-0.1, -0.05) is 12.8 Å². The quantitative estimate of drug-likeness (QED) is 0.797. The predicted octanol–water partition coefficient (Wildman–Crippen LogP) is 3.14. The van der Waals surface area contributed by atoms with Crippen LogP contribution in [-0.2, 0) is 6.54 Å². The van der Waals surface area contributed by atoms with Crippen molar-refractivity contribution in [1.29, 1.82) is 0 Å². The molecule has 1 amide bonds. The van der Waals surface area contributed by atoms with E-state index in [9.17, 15) is 4.79 Å². The summed E-state index contributed by atoms with van der Waals surface area (Å²) in [5.41, 5.74) is 0. The molecule has 0 radical (unpaired) electrons. The third-order valence-corrected chi connectivity index (χ3v) is 5.04. The van der Waals surface area contributed by atoms with Gasteiger partial charge in [-0.15, -0.1) is 0 Å². The van der Waals surface area contributed by atoms with Crippen LogP contribution in [-0.4, -0.2) is 47.3 Å². The van der Waals surface area contributed by atoms with Gasteiger partial charge in [0.15, 0.2) is 5.76 Å². The average molecular weight is 409 g/mol. The highest BCUT2D eigenvalue weighted by Crippen LogP contribution is 2.25. The van der Waals surface area contributed by atoms with Crippen molar-refractivity contribution in [1.82, 2.24) is 20.0 Å². The van der Waals surface area contributed by atoms with E-state index in [-0.39, 0.29) is 11.9 Å². The number of carbonyl (C=O) groups is 1. The number of carbonyl (C=O) groups excluding carboxylic acids is 1. The minimum absolute atomic E-state index is 0.122. The summed E-state index contributed by atoms with van der Waals surface area (Å²) in [6.45, 7) is 1.51. The molecule has 1 aliphatic carbocycles. The van der Waals surface area contributed by atoms with E-state index in [0.717, 1.165) is 17.4 Å². The third-order valence-electron chi connectivity index (χ3n) is 4.63. The topological polar surface area (TPSA) is 63.3 Å². The molecule has 1 aliphatic rings. The van der Waals surface area contributed by atoms with Crippen molar-refractivity contribution < 1.29 is 9.21 Å². The zero-order valence-electron chi connectivity index (χ0n) is 14.7. The van der Waals surface area contributed by atoms with Gasteiger partial charge in [0, 0.05) is 18.8 Å². The molecule has 1 N–H and O–H groups in total. The van der Waals surface area contributed by atoms with Crippen LogP contribution in [0.2, 0.25) is 0 Å². The van der Waals surface area contributed by atoms with Gasteiger partial charge in [-0.3, -0.25) is 9.48 Å². The van der Waals surface area contributed by atoms with Crippen LogP contribution in [0.4, 0.5) is 0 Å². The molecule has 136 valence electrons. The van der Waals surface area contributed by atoms with E-state index < -0.39 is 0 Å². The molecule has 2 atom stereocenters. The number of halogens is 1. The first-order valence-corrected chi connectivity index (χ1v) is 9.53. The molecule has 1 saturated carbocycles. The fraction of sp³-hybridized carbons (Fsp3) is 0.556. The summed E-state index contributed by atoms with van der Waals surface area (Å²) in [6, 6.07) is 3.80. The molecule has 6 nitrogen and oxygen atoms in total. The van der Waals surface area contributed by atoms with Crippen molar-refractivity contribution in [2.45, 2.75) is 38.3 Å². The summed E-state index contributed by atoms with van der Waals surface area (Å²) in [4.78, 5) is 14.8. The lowest BCUT2D eigenvalue weighted by Gasteiger charge is -2.33. The maximum atomic E-state index is 12.6. The van der Waals surface area contributed by atoms with Gasteiger partial charge in [0.05, 0.1) is 17.2 Å². The lowest BCUT2D eigenvalue weighted by molar-refractivity contribution is 0.0865.